The molecule has 0 aromatic carbocycles. The average molecular weight is 198 g/mol. The summed E-state index contributed by atoms with van der Waals surface area (Å²) < 4.78 is 0. The third-order valence-corrected chi connectivity index (χ3v) is 2.44. The summed E-state index contributed by atoms with van der Waals surface area (Å²) in [6, 6.07) is 0.0335. The Bertz CT molecular complexity index is 238. The van der Waals surface area contributed by atoms with Gasteiger partial charge < -0.3 is 14.6 Å². The minimum absolute atomic E-state index is 0.0335. The summed E-state index contributed by atoms with van der Waals surface area (Å²) in [5.41, 5.74) is -0.437. The Morgan fingerprint density at radius 3 is 2.64 bits per heavy atom. The first-order valence-corrected chi connectivity index (χ1v) is 4.93. The van der Waals surface area contributed by atoms with Crippen molar-refractivity contribution in [2.45, 2.75) is 20.3 Å². The molecule has 80 valence electrons. The van der Waals surface area contributed by atoms with Crippen LogP contribution in [0.15, 0.2) is 0 Å². The Kier molecular flexibility index (Phi) is 3.13. The monoisotopic (exact) mass is 198 g/mol. The highest BCUT2D eigenvalue weighted by atomic mass is 16.2. The van der Waals surface area contributed by atoms with Crippen molar-refractivity contribution in [3.8, 4) is 0 Å². The van der Waals surface area contributed by atoms with E-state index < -0.39 is 5.41 Å². The normalized spacial score (nSPS) is 18.6. The topological polar surface area (TPSA) is 40.6 Å². The molecule has 0 radical (unpaired) electrons. The molecule has 14 heavy (non-hydrogen) atoms. The quantitative estimate of drug-likeness (QED) is 0.634. The maximum atomic E-state index is 11.7. The van der Waals surface area contributed by atoms with Crippen molar-refractivity contribution in [1.29, 1.82) is 0 Å². The molecule has 0 aromatic rings. The van der Waals surface area contributed by atoms with E-state index in [1.165, 1.54) is 0 Å². The van der Waals surface area contributed by atoms with E-state index in [-0.39, 0.29) is 6.03 Å². The third-order valence-electron chi connectivity index (χ3n) is 2.44. The van der Waals surface area contributed by atoms with Crippen molar-refractivity contribution < 1.29 is 9.59 Å². The first-order valence-electron chi connectivity index (χ1n) is 4.93. The van der Waals surface area contributed by atoms with Gasteiger partial charge >= 0.3 is 6.03 Å². The van der Waals surface area contributed by atoms with Crippen LogP contribution in [0.4, 0.5) is 4.79 Å². The van der Waals surface area contributed by atoms with Crippen LogP contribution < -0.4 is 0 Å². The maximum absolute atomic E-state index is 11.7. The zero-order chi connectivity index (χ0) is 10.8. The predicted octanol–water partition coefficient (Wildman–Crippen LogP) is 0.969. The van der Waals surface area contributed by atoms with Crippen LogP contribution >= 0.6 is 0 Å². The molecule has 0 atom stereocenters. The van der Waals surface area contributed by atoms with Crippen LogP contribution in [0.2, 0.25) is 0 Å². The molecule has 1 aliphatic rings. The van der Waals surface area contributed by atoms with Crippen molar-refractivity contribution in [2.75, 3.05) is 26.7 Å². The fraction of sp³-hybridized carbons (Fsp3) is 0.800. The van der Waals surface area contributed by atoms with Gasteiger partial charge in [0, 0.05) is 32.1 Å². The molecule has 0 bridgehead atoms. The Balaban J connectivity index is 2.60. The smallest absolute Gasteiger partial charge is 0.319 e. The molecule has 0 unspecified atom stereocenters. The number of nitrogens with zero attached hydrogens (tertiary/aromatic N) is 2. The van der Waals surface area contributed by atoms with Crippen molar-refractivity contribution in [3.05, 3.63) is 0 Å². The summed E-state index contributed by atoms with van der Waals surface area (Å²) in [5, 5.41) is 0. The molecule has 4 nitrogen and oxygen atoms in total. The molecule has 1 heterocycles. The second-order valence-electron chi connectivity index (χ2n) is 4.59. The van der Waals surface area contributed by atoms with Gasteiger partial charge in [0.05, 0.1) is 0 Å². The van der Waals surface area contributed by atoms with E-state index in [2.05, 4.69) is 0 Å². The highest BCUT2D eigenvalue weighted by molar-refractivity contribution is 5.75. The maximum Gasteiger partial charge on any atom is 0.319 e. The van der Waals surface area contributed by atoms with Crippen LogP contribution in [0, 0.1) is 5.41 Å². The molecule has 4 heteroatoms. The first kappa shape index (κ1) is 11.0. The summed E-state index contributed by atoms with van der Waals surface area (Å²) in [7, 11) is 1.79. The number of carbonyl (C=O) groups is 2. The minimum Gasteiger partial charge on any atom is -0.328 e. The van der Waals surface area contributed by atoms with E-state index in [0.29, 0.717) is 6.54 Å². The summed E-state index contributed by atoms with van der Waals surface area (Å²) in [6.45, 7) is 5.79. The Morgan fingerprint density at radius 2 is 2.07 bits per heavy atom. The highest BCUT2D eigenvalue weighted by Gasteiger charge is 2.28. The van der Waals surface area contributed by atoms with Crippen LogP contribution in [0.25, 0.3) is 0 Å². The van der Waals surface area contributed by atoms with Gasteiger partial charge in [-0.15, -0.1) is 0 Å². The molecule has 0 N–H and O–H groups in total. The fourth-order valence-corrected chi connectivity index (χ4v) is 1.61. The number of hydrogen-bond donors (Lipinski definition) is 0. The Labute approximate surface area is 84.9 Å². The van der Waals surface area contributed by atoms with Gasteiger partial charge in [-0.1, -0.05) is 13.8 Å². The lowest BCUT2D eigenvalue weighted by atomic mass is 9.95. The molecular formula is C10H18N2O2. The lowest BCUT2D eigenvalue weighted by Crippen LogP contribution is -2.50. The summed E-state index contributed by atoms with van der Waals surface area (Å²) in [6.07, 6.45) is 1.89. The summed E-state index contributed by atoms with van der Waals surface area (Å²) >= 11 is 0. The second kappa shape index (κ2) is 3.98. The van der Waals surface area contributed by atoms with Crippen molar-refractivity contribution in [3.63, 3.8) is 0 Å². The number of hydrogen-bond acceptors (Lipinski definition) is 2. The lowest BCUT2D eigenvalue weighted by molar-refractivity contribution is -0.115. The van der Waals surface area contributed by atoms with E-state index in [1.54, 1.807) is 16.8 Å². The second-order valence-corrected chi connectivity index (χ2v) is 4.59. The number of carbonyl (C=O) groups excluding carboxylic acids is 2. The number of urea groups is 1. The van der Waals surface area contributed by atoms with Gasteiger partial charge in [0.2, 0.25) is 0 Å². The molecule has 0 spiro atoms. The molecule has 1 fully saturated rings. The van der Waals surface area contributed by atoms with E-state index in [0.717, 1.165) is 25.8 Å². The van der Waals surface area contributed by atoms with Crippen LogP contribution in [-0.4, -0.2) is 48.8 Å². The molecule has 2 amide bonds. The Morgan fingerprint density at radius 1 is 1.43 bits per heavy atom. The van der Waals surface area contributed by atoms with Crippen LogP contribution in [-0.2, 0) is 4.79 Å². The van der Waals surface area contributed by atoms with Crippen LogP contribution in [0.1, 0.15) is 20.3 Å². The molecule has 1 rings (SSSR count). The highest BCUT2D eigenvalue weighted by Crippen LogP contribution is 2.17. The third kappa shape index (κ3) is 2.47. The zero-order valence-corrected chi connectivity index (χ0v) is 9.12. The van der Waals surface area contributed by atoms with Crippen LogP contribution in [0.3, 0.4) is 0 Å². The van der Waals surface area contributed by atoms with E-state index >= 15 is 0 Å². The van der Waals surface area contributed by atoms with E-state index in [9.17, 15) is 9.59 Å². The van der Waals surface area contributed by atoms with Crippen molar-refractivity contribution >= 4 is 12.3 Å². The van der Waals surface area contributed by atoms with Gasteiger partial charge in [-0.25, -0.2) is 4.79 Å². The molecule has 0 aromatic heterocycles. The van der Waals surface area contributed by atoms with Gasteiger partial charge in [-0.3, -0.25) is 0 Å². The van der Waals surface area contributed by atoms with Gasteiger partial charge in [0.1, 0.15) is 6.29 Å². The SMILES string of the molecule is CN1CCCN(CC(C)(C)C=O)C1=O. The summed E-state index contributed by atoms with van der Waals surface area (Å²) in [4.78, 5) is 25.8. The lowest BCUT2D eigenvalue weighted by Gasteiger charge is -2.36. The molecule has 0 saturated carbocycles. The summed E-state index contributed by atoms with van der Waals surface area (Å²) in [5.74, 6) is 0. The molecule has 1 saturated heterocycles. The van der Waals surface area contributed by atoms with Crippen molar-refractivity contribution in [2.24, 2.45) is 5.41 Å². The van der Waals surface area contributed by atoms with E-state index in [1.807, 2.05) is 13.8 Å². The molecule has 1 aliphatic heterocycles. The number of rotatable bonds is 3. The minimum atomic E-state index is -0.437. The zero-order valence-electron chi connectivity index (χ0n) is 9.12. The first-order chi connectivity index (χ1) is 6.46. The molecular weight excluding hydrogens is 180 g/mol. The Hall–Kier alpha value is -1.06. The van der Waals surface area contributed by atoms with E-state index in [4.69, 9.17) is 0 Å². The molecule has 0 aliphatic carbocycles. The number of amides is 2. The van der Waals surface area contributed by atoms with Gasteiger partial charge in [0.25, 0.3) is 0 Å². The van der Waals surface area contributed by atoms with Gasteiger partial charge in [-0.05, 0) is 6.42 Å². The average Bonchev–Trinajstić information content (AvgIpc) is 2.13. The van der Waals surface area contributed by atoms with Crippen molar-refractivity contribution in [1.82, 2.24) is 9.80 Å². The van der Waals surface area contributed by atoms with Gasteiger partial charge in [0.15, 0.2) is 0 Å². The standard InChI is InChI=1S/C10H18N2O2/c1-10(2,8-13)7-12-6-4-5-11(3)9(12)14/h8H,4-7H2,1-3H3. The fourth-order valence-electron chi connectivity index (χ4n) is 1.61. The van der Waals surface area contributed by atoms with Gasteiger partial charge in [-0.2, -0.15) is 0 Å². The number of aldehydes is 1. The van der Waals surface area contributed by atoms with Crippen LogP contribution in [0.5, 0.6) is 0 Å². The predicted molar refractivity (Wildman–Crippen MR) is 54.1 cm³/mol. The largest absolute Gasteiger partial charge is 0.328 e.